The maximum absolute atomic E-state index is 12.1. The monoisotopic (exact) mass is 250 g/mol. The van der Waals surface area contributed by atoms with Gasteiger partial charge in [0.2, 0.25) is 5.91 Å². The van der Waals surface area contributed by atoms with Gasteiger partial charge < -0.3 is 20.5 Å². The number of methoxy groups -OCH3 is 2. The molecule has 0 radical (unpaired) electrons. The van der Waals surface area contributed by atoms with Crippen LogP contribution in [0.5, 0.6) is 11.5 Å². The SMILES string of the molecule is COc1ccc(OC)c(NC(=O)C2(N)CCC2)c1. The third kappa shape index (κ3) is 2.26. The standard InChI is InChI=1S/C13H18N2O3/c1-17-9-4-5-11(18-2)10(8-9)15-12(16)13(14)6-3-7-13/h4-5,8H,3,6-7,14H2,1-2H3,(H,15,16). The largest absolute Gasteiger partial charge is 0.497 e. The summed E-state index contributed by atoms with van der Waals surface area (Å²) in [7, 11) is 3.13. The van der Waals surface area contributed by atoms with Crippen LogP contribution in [0.3, 0.4) is 0 Å². The van der Waals surface area contributed by atoms with Crippen molar-refractivity contribution in [3.05, 3.63) is 18.2 Å². The maximum atomic E-state index is 12.1. The predicted molar refractivity (Wildman–Crippen MR) is 68.9 cm³/mol. The highest BCUT2D eigenvalue weighted by Gasteiger charge is 2.40. The molecule has 0 aromatic heterocycles. The van der Waals surface area contributed by atoms with Crippen molar-refractivity contribution in [1.29, 1.82) is 0 Å². The number of ether oxygens (including phenoxy) is 2. The predicted octanol–water partition coefficient (Wildman–Crippen LogP) is 1.52. The fourth-order valence-electron chi connectivity index (χ4n) is 1.94. The van der Waals surface area contributed by atoms with Gasteiger partial charge in [0.05, 0.1) is 25.4 Å². The Labute approximate surface area is 106 Å². The van der Waals surface area contributed by atoms with Crippen LogP contribution in [0, 0.1) is 0 Å². The van der Waals surface area contributed by atoms with E-state index in [9.17, 15) is 4.79 Å². The van der Waals surface area contributed by atoms with Crippen LogP contribution in [-0.4, -0.2) is 25.7 Å². The Morgan fingerprint density at radius 1 is 1.33 bits per heavy atom. The molecule has 2 rings (SSSR count). The van der Waals surface area contributed by atoms with E-state index in [4.69, 9.17) is 15.2 Å². The van der Waals surface area contributed by atoms with Crippen molar-refractivity contribution in [2.75, 3.05) is 19.5 Å². The minimum Gasteiger partial charge on any atom is -0.497 e. The lowest BCUT2D eigenvalue weighted by Crippen LogP contribution is -2.56. The van der Waals surface area contributed by atoms with Gasteiger partial charge in [0, 0.05) is 6.07 Å². The van der Waals surface area contributed by atoms with Gasteiger partial charge >= 0.3 is 0 Å². The minimum atomic E-state index is -0.728. The first kappa shape index (κ1) is 12.7. The number of hydrogen-bond donors (Lipinski definition) is 2. The van der Waals surface area contributed by atoms with Crippen LogP contribution in [-0.2, 0) is 4.79 Å². The summed E-state index contributed by atoms with van der Waals surface area (Å²) in [5, 5.41) is 2.81. The molecule has 1 fully saturated rings. The minimum absolute atomic E-state index is 0.166. The fraction of sp³-hybridized carbons (Fsp3) is 0.462. The summed E-state index contributed by atoms with van der Waals surface area (Å²) in [5.74, 6) is 1.08. The Kier molecular flexibility index (Phi) is 3.43. The highest BCUT2D eigenvalue weighted by Crippen LogP contribution is 2.33. The third-order valence-corrected chi connectivity index (χ3v) is 3.35. The van der Waals surface area contributed by atoms with E-state index in [1.807, 2.05) is 0 Å². The van der Waals surface area contributed by atoms with Gasteiger partial charge in [0.15, 0.2) is 0 Å². The Hall–Kier alpha value is -1.75. The quantitative estimate of drug-likeness (QED) is 0.849. The Balaban J connectivity index is 2.19. The van der Waals surface area contributed by atoms with E-state index < -0.39 is 5.54 Å². The summed E-state index contributed by atoms with van der Waals surface area (Å²) in [4.78, 5) is 12.1. The summed E-state index contributed by atoms with van der Waals surface area (Å²) < 4.78 is 10.3. The molecule has 0 aliphatic heterocycles. The smallest absolute Gasteiger partial charge is 0.244 e. The second-order valence-electron chi connectivity index (χ2n) is 4.53. The zero-order valence-corrected chi connectivity index (χ0v) is 10.7. The van der Waals surface area contributed by atoms with E-state index in [0.29, 0.717) is 17.2 Å². The normalized spacial score (nSPS) is 16.6. The Morgan fingerprint density at radius 3 is 2.56 bits per heavy atom. The average Bonchev–Trinajstić information content (AvgIpc) is 2.35. The summed E-state index contributed by atoms with van der Waals surface area (Å²) in [6.45, 7) is 0. The molecular formula is C13H18N2O3. The van der Waals surface area contributed by atoms with Crippen LogP contribution < -0.4 is 20.5 Å². The van der Waals surface area contributed by atoms with Crippen molar-refractivity contribution in [2.24, 2.45) is 5.73 Å². The number of nitrogens with one attached hydrogen (secondary N) is 1. The van der Waals surface area contributed by atoms with Gasteiger partial charge in [-0.2, -0.15) is 0 Å². The summed E-state index contributed by atoms with van der Waals surface area (Å²) in [6, 6.07) is 5.24. The van der Waals surface area contributed by atoms with Gasteiger partial charge in [-0.05, 0) is 31.4 Å². The van der Waals surface area contributed by atoms with Crippen LogP contribution in [0.15, 0.2) is 18.2 Å². The molecule has 0 saturated heterocycles. The molecule has 3 N–H and O–H groups in total. The van der Waals surface area contributed by atoms with E-state index in [0.717, 1.165) is 19.3 Å². The molecule has 5 heteroatoms. The lowest BCUT2D eigenvalue weighted by molar-refractivity contribution is -0.123. The topological polar surface area (TPSA) is 73.6 Å². The van der Waals surface area contributed by atoms with E-state index in [-0.39, 0.29) is 5.91 Å². The lowest BCUT2D eigenvalue weighted by Gasteiger charge is -2.36. The Bertz CT molecular complexity index is 456. The molecule has 1 saturated carbocycles. The van der Waals surface area contributed by atoms with Gasteiger partial charge in [-0.3, -0.25) is 4.79 Å². The van der Waals surface area contributed by atoms with Gasteiger partial charge in [-0.1, -0.05) is 0 Å². The van der Waals surface area contributed by atoms with Crippen molar-refractivity contribution in [3.63, 3.8) is 0 Å². The molecule has 1 aliphatic rings. The highest BCUT2D eigenvalue weighted by atomic mass is 16.5. The fourth-order valence-corrected chi connectivity index (χ4v) is 1.94. The van der Waals surface area contributed by atoms with Crippen molar-refractivity contribution >= 4 is 11.6 Å². The first-order valence-corrected chi connectivity index (χ1v) is 5.91. The summed E-state index contributed by atoms with van der Waals surface area (Å²) in [5.41, 5.74) is 5.83. The van der Waals surface area contributed by atoms with Gasteiger partial charge in [0.25, 0.3) is 0 Å². The maximum Gasteiger partial charge on any atom is 0.244 e. The average molecular weight is 250 g/mol. The molecule has 0 unspecified atom stereocenters. The van der Waals surface area contributed by atoms with E-state index in [2.05, 4.69) is 5.32 Å². The lowest BCUT2D eigenvalue weighted by atomic mass is 9.77. The van der Waals surface area contributed by atoms with Crippen LogP contribution in [0.1, 0.15) is 19.3 Å². The third-order valence-electron chi connectivity index (χ3n) is 3.35. The summed E-state index contributed by atoms with van der Waals surface area (Å²) >= 11 is 0. The second-order valence-corrected chi connectivity index (χ2v) is 4.53. The van der Waals surface area contributed by atoms with Crippen LogP contribution >= 0.6 is 0 Å². The Morgan fingerprint density at radius 2 is 2.06 bits per heavy atom. The molecule has 0 heterocycles. The number of carbonyl (C=O) groups excluding carboxylic acids is 1. The molecule has 1 aromatic carbocycles. The van der Waals surface area contributed by atoms with E-state index in [1.54, 1.807) is 32.4 Å². The molecule has 0 atom stereocenters. The molecule has 1 aromatic rings. The number of amides is 1. The van der Waals surface area contributed by atoms with Crippen LogP contribution in [0.2, 0.25) is 0 Å². The molecule has 1 amide bonds. The van der Waals surface area contributed by atoms with Crippen molar-refractivity contribution in [2.45, 2.75) is 24.8 Å². The molecule has 1 aliphatic carbocycles. The zero-order valence-electron chi connectivity index (χ0n) is 10.7. The number of rotatable bonds is 4. The number of hydrogen-bond acceptors (Lipinski definition) is 4. The molecule has 5 nitrogen and oxygen atoms in total. The number of carbonyl (C=O) groups is 1. The molecule has 0 spiro atoms. The highest BCUT2D eigenvalue weighted by molar-refractivity contribution is 5.99. The van der Waals surface area contributed by atoms with Crippen LogP contribution in [0.25, 0.3) is 0 Å². The van der Waals surface area contributed by atoms with Crippen LogP contribution in [0.4, 0.5) is 5.69 Å². The van der Waals surface area contributed by atoms with Crippen molar-refractivity contribution < 1.29 is 14.3 Å². The number of anilines is 1. The van der Waals surface area contributed by atoms with E-state index in [1.165, 1.54) is 0 Å². The van der Waals surface area contributed by atoms with Gasteiger partial charge in [-0.15, -0.1) is 0 Å². The van der Waals surface area contributed by atoms with Gasteiger partial charge in [0.1, 0.15) is 11.5 Å². The number of nitrogens with two attached hydrogens (primary N) is 1. The summed E-state index contributed by atoms with van der Waals surface area (Å²) in [6.07, 6.45) is 2.45. The molecule has 18 heavy (non-hydrogen) atoms. The number of benzene rings is 1. The first-order valence-electron chi connectivity index (χ1n) is 5.91. The second kappa shape index (κ2) is 4.86. The van der Waals surface area contributed by atoms with Crippen molar-refractivity contribution in [1.82, 2.24) is 0 Å². The van der Waals surface area contributed by atoms with Gasteiger partial charge in [-0.25, -0.2) is 0 Å². The van der Waals surface area contributed by atoms with Crippen molar-refractivity contribution in [3.8, 4) is 11.5 Å². The molecular weight excluding hydrogens is 232 g/mol. The molecule has 98 valence electrons. The zero-order chi connectivity index (χ0) is 13.2. The first-order chi connectivity index (χ1) is 8.59. The molecule has 0 bridgehead atoms. The van der Waals surface area contributed by atoms with E-state index >= 15 is 0 Å².